The minimum Gasteiger partial charge on any atom is -0.463 e. The van der Waals surface area contributed by atoms with Gasteiger partial charge in [0.1, 0.15) is 19.8 Å². The summed E-state index contributed by atoms with van der Waals surface area (Å²) in [6.07, 6.45) is 41.6. The summed E-state index contributed by atoms with van der Waals surface area (Å²) in [4.78, 5) is 78.3. The van der Waals surface area contributed by atoms with Crippen LogP contribution in [0.15, 0.2) is 14.4 Å². The van der Waals surface area contributed by atoms with Gasteiger partial charge in [-0.15, -0.1) is 0 Å². The lowest BCUT2D eigenvalue weighted by Crippen LogP contribution is -2.55. The van der Waals surface area contributed by atoms with Crippen LogP contribution in [0.4, 0.5) is 0 Å². The summed E-state index contributed by atoms with van der Waals surface area (Å²) in [6, 6.07) is 0. The summed E-state index contributed by atoms with van der Waals surface area (Å²) in [6.45, 7) is 5.22. The van der Waals surface area contributed by atoms with Crippen molar-refractivity contribution in [3.8, 4) is 0 Å². The van der Waals surface area contributed by atoms with E-state index in [0.29, 0.717) is 0 Å². The molecular formula is C54H99N3O9S3. The Hall–Kier alpha value is -2.13. The Balaban J connectivity index is 2.61. The predicted octanol–water partition coefficient (Wildman–Crippen LogP) is 12.9. The number of aromatic nitrogens is 3. The van der Waals surface area contributed by atoms with E-state index in [2.05, 4.69) is 20.8 Å². The van der Waals surface area contributed by atoms with Crippen molar-refractivity contribution in [3.05, 3.63) is 31.5 Å². The molecule has 1 aromatic rings. The number of carbonyl (C=O) groups is 3. The third kappa shape index (κ3) is 37.3. The van der Waals surface area contributed by atoms with Gasteiger partial charge < -0.3 is 14.2 Å². The van der Waals surface area contributed by atoms with E-state index in [-0.39, 0.29) is 56.7 Å². The molecule has 0 aliphatic rings. The van der Waals surface area contributed by atoms with Crippen LogP contribution in [0.5, 0.6) is 0 Å². The number of hydrogen-bond acceptors (Lipinski definition) is 12. The van der Waals surface area contributed by atoms with Crippen molar-refractivity contribution in [2.24, 2.45) is 0 Å². The first-order valence-corrected chi connectivity index (χ1v) is 31.4. The van der Waals surface area contributed by atoms with Crippen LogP contribution in [0.3, 0.4) is 0 Å². The van der Waals surface area contributed by atoms with Crippen LogP contribution in [0, 0.1) is 0 Å². The maximum atomic E-state index is 13.6. The second kappa shape index (κ2) is 48.2. The molecule has 1 rings (SSSR count). The standard InChI is InChI=1S/C54H99N3O9S3/c1-4-7-10-13-16-19-22-25-28-31-34-43-67-46-49(58)64-40-37-55-52(61)56(38-41-65-50(59)47-68-44-35-32-29-26-23-20-17-14-11-8-5-2)54(63)57(53(55)62)39-42-66-51(60)48-69-45-36-33-30-27-24-21-18-15-12-9-6-3/h4-48H2,1-3H3. The van der Waals surface area contributed by atoms with E-state index in [1.807, 2.05) is 0 Å². The maximum absolute atomic E-state index is 13.6. The van der Waals surface area contributed by atoms with Gasteiger partial charge in [-0.05, 0) is 36.5 Å². The Kier molecular flexibility index (Phi) is 45.3. The number of carbonyl (C=O) groups excluding carboxylic acids is 3. The topological polar surface area (TPSA) is 145 Å². The van der Waals surface area contributed by atoms with Crippen LogP contribution in [-0.4, -0.2) is 85.9 Å². The molecule has 0 fully saturated rings. The predicted molar refractivity (Wildman–Crippen MR) is 293 cm³/mol. The van der Waals surface area contributed by atoms with E-state index in [1.54, 1.807) is 0 Å². The molecule has 69 heavy (non-hydrogen) atoms. The lowest BCUT2D eigenvalue weighted by atomic mass is 10.1. The maximum Gasteiger partial charge on any atom is 0.336 e. The number of esters is 3. The minimum atomic E-state index is -0.888. The van der Waals surface area contributed by atoms with Crippen molar-refractivity contribution in [2.75, 3.05) is 54.3 Å². The molecule has 0 aliphatic carbocycles. The number of thioether (sulfide) groups is 3. The molecule has 1 aromatic heterocycles. The first kappa shape index (κ1) is 64.9. The highest BCUT2D eigenvalue weighted by molar-refractivity contribution is 8.00. The monoisotopic (exact) mass is 1030 g/mol. The normalized spacial score (nSPS) is 11.3. The van der Waals surface area contributed by atoms with Gasteiger partial charge in [-0.1, -0.05) is 213 Å². The smallest absolute Gasteiger partial charge is 0.336 e. The summed E-state index contributed by atoms with van der Waals surface area (Å²) in [5.41, 5.74) is -2.66. The van der Waals surface area contributed by atoms with E-state index >= 15 is 0 Å². The van der Waals surface area contributed by atoms with Crippen LogP contribution >= 0.6 is 35.3 Å². The highest BCUT2D eigenvalue weighted by atomic mass is 32.2. The summed E-state index contributed by atoms with van der Waals surface area (Å²) in [5, 5.41) is 0. The van der Waals surface area contributed by atoms with Gasteiger partial charge in [0, 0.05) is 0 Å². The summed E-state index contributed by atoms with van der Waals surface area (Å²) in [7, 11) is 0. The molecule has 0 radical (unpaired) electrons. The van der Waals surface area contributed by atoms with Gasteiger partial charge >= 0.3 is 35.0 Å². The van der Waals surface area contributed by atoms with E-state index < -0.39 is 35.0 Å². The van der Waals surface area contributed by atoms with Gasteiger partial charge in [-0.2, -0.15) is 35.3 Å². The van der Waals surface area contributed by atoms with Gasteiger partial charge in [0.05, 0.1) is 36.9 Å². The largest absolute Gasteiger partial charge is 0.463 e. The van der Waals surface area contributed by atoms with Crippen LogP contribution in [-0.2, 0) is 48.2 Å². The molecule has 402 valence electrons. The van der Waals surface area contributed by atoms with Crippen LogP contribution in [0.2, 0.25) is 0 Å². The quantitative estimate of drug-likeness (QED) is 0.0348. The number of nitrogens with zero attached hydrogens (tertiary/aromatic N) is 3. The van der Waals surface area contributed by atoms with E-state index in [0.717, 1.165) is 69.5 Å². The fourth-order valence-electron chi connectivity index (χ4n) is 8.21. The Bertz CT molecular complexity index is 1370. The molecule has 0 aliphatic heterocycles. The SMILES string of the molecule is CCCCCCCCCCCCCSCC(=O)OCCn1c(=O)n(CCOC(=O)CSCCCCCCCCCCCCC)c(=O)n(CCOC(=O)CSCCCCCCCCCCCCC)c1=O. The Morgan fingerprint density at radius 2 is 0.507 bits per heavy atom. The second-order valence-corrected chi connectivity index (χ2v) is 22.0. The highest BCUT2D eigenvalue weighted by Gasteiger charge is 2.18. The van der Waals surface area contributed by atoms with Crippen molar-refractivity contribution < 1.29 is 28.6 Å². The first-order valence-electron chi connectivity index (χ1n) is 27.9. The van der Waals surface area contributed by atoms with E-state index in [9.17, 15) is 28.8 Å². The molecule has 0 unspecified atom stereocenters. The molecule has 0 amide bonds. The molecule has 0 aromatic carbocycles. The van der Waals surface area contributed by atoms with Gasteiger partial charge in [0.25, 0.3) is 0 Å². The fraction of sp³-hybridized carbons (Fsp3) is 0.889. The lowest BCUT2D eigenvalue weighted by molar-refractivity contribution is -0.141. The van der Waals surface area contributed by atoms with Crippen LogP contribution < -0.4 is 17.1 Å². The number of unbranched alkanes of at least 4 members (excludes halogenated alkanes) is 30. The summed E-state index contributed by atoms with van der Waals surface area (Å²) >= 11 is 4.53. The molecule has 0 N–H and O–H groups in total. The van der Waals surface area contributed by atoms with Gasteiger partial charge in [-0.25, -0.2) is 28.1 Å². The number of ether oxygens (including phenoxy) is 3. The van der Waals surface area contributed by atoms with E-state index in [1.165, 1.54) is 209 Å². The lowest BCUT2D eigenvalue weighted by Gasteiger charge is -2.14. The average molecular weight is 1030 g/mol. The zero-order valence-corrected chi connectivity index (χ0v) is 46.5. The molecule has 0 saturated carbocycles. The average Bonchev–Trinajstić information content (AvgIpc) is 3.34. The van der Waals surface area contributed by atoms with Crippen LogP contribution in [0.1, 0.15) is 233 Å². The molecule has 15 heteroatoms. The third-order valence-electron chi connectivity index (χ3n) is 12.5. The van der Waals surface area contributed by atoms with Gasteiger partial charge in [0.15, 0.2) is 0 Å². The number of hydrogen-bond donors (Lipinski definition) is 0. The van der Waals surface area contributed by atoms with Crippen molar-refractivity contribution in [2.45, 2.75) is 252 Å². The molecule has 0 spiro atoms. The second-order valence-electron chi connectivity index (χ2n) is 18.7. The Morgan fingerprint density at radius 1 is 0.319 bits per heavy atom. The van der Waals surface area contributed by atoms with Gasteiger partial charge in [0.2, 0.25) is 0 Å². The van der Waals surface area contributed by atoms with Crippen molar-refractivity contribution >= 4 is 53.2 Å². The van der Waals surface area contributed by atoms with Crippen molar-refractivity contribution in [1.29, 1.82) is 0 Å². The van der Waals surface area contributed by atoms with Crippen molar-refractivity contribution in [1.82, 2.24) is 13.7 Å². The van der Waals surface area contributed by atoms with Crippen LogP contribution in [0.25, 0.3) is 0 Å². The number of rotatable bonds is 51. The molecule has 0 saturated heterocycles. The van der Waals surface area contributed by atoms with E-state index in [4.69, 9.17) is 14.2 Å². The van der Waals surface area contributed by atoms with Gasteiger partial charge in [-0.3, -0.25) is 14.4 Å². The summed E-state index contributed by atoms with van der Waals surface area (Å²) in [5.74, 6) is 1.75. The Labute approximate surface area is 431 Å². The molecule has 0 bridgehead atoms. The zero-order chi connectivity index (χ0) is 50.3. The van der Waals surface area contributed by atoms with Crippen molar-refractivity contribution in [3.63, 3.8) is 0 Å². The minimum absolute atomic E-state index is 0.169. The fourth-order valence-corrected chi connectivity index (χ4v) is 10.6. The molecule has 12 nitrogen and oxygen atoms in total. The third-order valence-corrected chi connectivity index (χ3v) is 15.5. The molecule has 0 atom stereocenters. The Morgan fingerprint density at radius 3 is 0.710 bits per heavy atom. The summed E-state index contributed by atoms with van der Waals surface area (Å²) < 4.78 is 18.7. The first-order chi connectivity index (χ1) is 33.8. The molecule has 1 heterocycles. The highest BCUT2D eigenvalue weighted by Crippen LogP contribution is 2.16. The molecular weight excluding hydrogens is 931 g/mol. The zero-order valence-electron chi connectivity index (χ0n) is 44.1.